The predicted octanol–water partition coefficient (Wildman–Crippen LogP) is 13.6. The smallest absolute Gasteiger partial charge is 0.124 e. The number of aliphatic imine (C=N–C) groups is 4. The molecule has 9 rings (SSSR count). The molecule has 9 aromatic rings. The molecule has 0 aliphatic rings. The summed E-state index contributed by atoms with van der Waals surface area (Å²) in [6, 6.07) is 66.1. The van der Waals surface area contributed by atoms with E-state index in [0.29, 0.717) is 22.3 Å². The number of hydrogen-bond donors (Lipinski definition) is 4. The number of hydrogen-bond acceptors (Lipinski definition) is 8. The SMILES string of the molecule is Oc1ccc(-c2ccccc2)cc1C=NCc1cc(CN=Cc2cc(-c3ccccc3)ccc2O)c(CN=Cc2cc(-c3ccccc3)ccc2O)cc1CN=Cc1cc(-c2ccccc2)ccc1O.[Zn].[Zn]. The van der Waals surface area contributed by atoms with Crippen molar-refractivity contribution in [3.8, 4) is 67.5 Å². The van der Waals surface area contributed by atoms with Crippen molar-refractivity contribution in [2.24, 2.45) is 20.0 Å². The van der Waals surface area contributed by atoms with Crippen molar-refractivity contribution < 1.29 is 59.4 Å². The Morgan fingerprint density at radius 3 is 0.667 bits per heavy atom. The van der Waals surface area contributed by atoms with Crippen LogP contribution in [0.4, 0.5) is 0 Å². The molecule has 346 valence electrons. The summed E-state index contributed by atoms with van der Waals surface area (Å²) in [4.78, 5) is 19.5. The molecule has 0 saturated heterocycles. The Labute approximate surface area is 445 Å². The fraction of sp³-hybridized carbons (Fsp3) is 0.0645. The normalized spacial score (nSPS) is 11.3. The van der Waals surface area contributed by atoms with Gasteiger partial charge in [-0.1, -0.05) is 158 Å². The Kier molecular flexibility index (Phi) is 18.2. The zero-order valence-corrected chi connectivity index (χ0v) is 45.7. The molecular formula is C62H50N4O4Zn2. The van der Waals surface area contributed by atoms with E-state index in [4.69, 9.17) is 20.0 Å². The van der Waals surface area contributed by atoms with E-state index in [1.807, 2.05) is 170 Å². The standard InChI is InChI=1S/C62H50N4O4.2Zn/c67-59-25-21-47(43-13-5-1-6-14-43)29-55(59)39-63-35-51-33-53(37-65-41-57-31-49(23-27-61(57)69)45-17-9-3-10-18-45)54(38-66-42-58-32-50(24-28-62(58)70)46-19-11-4-12-20-46)34-52(51)36-64-40-56-30-48(22-26-60(56)68)44-15-7-2-8-16-44;;/h1-34,39-42,67-70H,35-38H2;;. The molecule has 10 heteroatoms. The third-order valence-electron chi connectivity index (χ3n) is 12.0. The van der Waals surface area contributed by atoms with Gasteiger partial charge in [-0.15, -0.1) is 0 Å². The van der Waals surface area contributed by atoms with Crippen LogP contribution in [0.15, 0.2) is 226 Å². The van der Waals surface area contributed by atoms with E-state index in [9.17, 15) is 20.4 Å². The Hall–Kier alpha value is -7.89. The minimum Gasteiger partial charge on any atom is -0.507 e. The number of nitrogens with zero attached hydrogens (tertiary/aromatic N) is 4. The fourth-order valence-electron chi connectivity index (χ4n) is 8.22. The van der Waals surface area contributed by atoms with Gasteiger partial charge < -0.3 is 20.4 Å². The quantitative estimate of drug-likeness (QED) is 0.0567. The van der Waals surface area contributed by atoms with E-state index in [2.05, 4.69) is 12.1 Å². The first-order chi connectivity index (χ1) is 34.3. The molecule has 0 saturated carbocycles. The van der Waals surface area contributed by atoms with Crippen LogP contribution in [0.5, 0.6) is 23.0 Å². The van der Waals surface area contributed by atoms with E-state index in [1.54, 1.807) is 49.1 Å². The van der Waals surface area contributed by atoms with Gasteiger partial charge in [-0.25, -0.2) is 0 Å². The molecule has 72 heavy (non-hydrogen) atoms. The van der Waals surface area contributed by atoms with Gasteiger partial charge in [0.1, 0.15) is 23.0 Å². The first-order valence-corrected chi connectivity index (χ1v) is 23.0. The predicted molar refractivity (Wildman–Crippen MR) is 286 cm³/mol. The summed E-state index contributed by atoms with van der Waals surface area (Å²) in [6.45, 7) is 1.04. The molecule has 0 amide bonds. The molecular weight excluding hydrogens is 995 g/mol. The first-order valence-electron chi connectivity index (χ1n) is 23.0. The fourth-order valence-corrected chi connectivity index (χ4v) is 8.22. The van der Waals surface area contributed by atoms with Crippen LogP contribution < -0.4 is 0 Å². The topological polar surface area (TPSA) is 130 Å². The summed E-state index contributed by atoms with van der Waals surface area (Å²) in [5.41, 5.74) is 13.8. The van der Waals surface area contributed by atoms with E-state index < -0.39 is 0 Å². The van der Waals surface area contributed by atoms with Crippen LogP contribution in [0.2, 0.25) is 0 Å². The maximum Gasteiger partial charge on any atom is 0.124 e. The summed E-state index contributed by atoms with van der Waals surface area (Å²) in [5.74, 6) is 0.478. The monoisotopic (exact) mass is 1040 g/mol. The second kappa shape index (κ2) is 25.3. The van der Waals surface area contributed by atoms with Crippen LogP contribution in [0.25, 0.3) is 44.5 Å². The van der Waals surface area contributed by atoms with Crippen LogP contribution in [-0.2, 0) is 65.1 Å². The minimum atomic E-state index is 0. The molecule has 9 aromatic carbocycles. The zero-order valence-electron chi connectivity index (χ0n) is 39.8. The van der Waals surface area contributed by atoms with Gasteiger partial charge in [-0.05, 0) is 115 Å². The van der Waals surface area contributed by atoms with Crippen LogP contribution in [-0.4, -0.2) is 45.3 Å². The number of benzene rings is 9. The molecule has 8 nitrogen and oxygen atoms in total. The maximum absolute atomic E-state index is 10.9. The average molecular weight is 1050 g/mol. The maximum atomic E-state index is 10.9. The molecule has 4 N–H and O–H groups in total. The van der Waals surface area contributed by atoms with Gasteiger partial charge in [0.15, 0.2) is 0 Å². The molecule has 0 aliphatic carbocycles. The largest absolute Gasteiger partial charge is 0.507 e. The van der Waals surface area contributed by atoms with Crippen molar-refractivity contribution in [1.82, 2.24) is 0 Å². The second-order valence-electron chi connectivity index (χ2n) is 16.8. The van der Waals surface area contributed by atoms with Crippen molar-refractivity contribution in [1.29, 1.82) is 0 Å². The van der Waals surface area contributed by atoms with Gasteiger partial charge in [-0.2, -0.15) is 0 Å². The molecule has 0 aliphatic heterocycles. The van der Waals surface area contributed by atoms with Crippen molar-refractivity contribution in [3.63, 3.8) is 0 Å². The van der Waals surface area contributed by atoms with Crippen molar-refractivity contribution in [2.45, 2.75) is 26.2 Å². The van der Waals surface area contributed by atoms with Crippen LogP contribution in [0, 0.1) is 0 Å². The zero-order chi connectivity index (χ0) is 48.1. The third kappa shape index (κ3) is 13.3. The number of phenolic OH excluding ortho intramolecular Hbond substituents is 4. The molecule has 0 unspecified atom stereocenters. The Morgan fingerprint density at radius 2 is 0.458 bits per heavy atom. The molecule has 0 spiro atoms. The summed E-state index contributed by atoms with van der Waals surface area (Å²) < 4.78 is 0. The second-order valence-corrected chi connectivity index (χ2v) is 16.8. The van der Waals surface area contributed by atoms with Gasteiger partial charge >= 0.3 is 0 Å². The molecule has 0 atom stereocenters. The summed E-state index contributed by atoms with van der Waals surface area (Å²) in [6.07, 6.45) is 6.76. The Bertz CT molecular complexity index is 2920. The number of aromatic hydroxyl groups is 4. The van der Waals surface area contributed by atoms with E-state index in [1.165, 1.54) is 0 Å². The molecule has 0 bridgehead atoms. The summed E-state index contributed by atoms with van der Waals surface area (Å²) in [5, 5.41) is 43.6. The molecule has 0 fully saturated rings. The Morgan fingerprint density at radius 1 is 0.250 bits per heavy atom. The van der Waals surface area contributed by atoms with Gasteiger partial charge in [0, 0.05) is 86.1 Å². The van der Waals surface area contributed by atoms with Gasteiger partial charge in [0.05, 0.1) is 26.2 Å². The third-order valence-corrected chi connectivity index (χ3v) is 12.0. The van der Waals surface area contributed by atoms with Gasteiger partial charge in [-0.3, -0.25) is 20.0 Å². The first kappa shape index (κ1) is 51.9. The van der Waals surface area contributed by atoms with E-state index >= 15 is 0 Å². The van der Waals surface area contributed by atoms with Gasteiger partial charge in [0.25, 0.3) is 0 Å². The van der Waals surface area contributed by atoms with E-state index in [-0.39, 0.29) is 88.1 Å². The van der Waals surface area contributed by atoms with Crippen LogP contribution >= 0.6 is 0 Å². The van der Waals surface area contributed by atoms with Crippen molar-refractivity contribution >= 4 is 24.9 Å². The van der Waals surface area contributed by atoms with Gasteiger partial charge in [0.2, 0.25) is 0 Å². The Balaban J connectivity index is 0.00000380. The summed E-state index contributed by atoms with van der Waals surface area (Å²) >= 11 is 0. The van der Waals surface area contributed by atoms with Crippen molar-refractivity contribution in [2.75, 3.05) is 0 Å². The number of phenols is 4. The molecule has 0 radical (unpaired) electrons. The van der Waals surface area contributed by atoms with Crippen molar-refractivity contribution in [3.05, 3.63) is 251 Å². The summed E-state index contributed by atoms with van der Waals surface area (Å²) in [7, 11) is 0. The molecule has 0 heterocycles. The number of rotatable bonds is 16. The average Bonchev–Trinajstić information content (AvgIpc) is 3.40. The van der Waals surface area contributed by atoms with E-state index in [0.717, 1.165) is 66.8 Å². The van der Waals surface area contributed by atoms with Crippen LogP contribution in [0.3, 0.4) is 0 Å². The molecule has 0 aromatic heterocycles. The van der Waals surface area contributed by atoms with Crippen LogP contribution in [0.1, 0.15) is 44.5 Å². The minimum absolute atomic E-state index is 0.